The first-order valence-corrected chi connectivity index (χ1v) is 7.35. The summed E-state index contributed by atoms with van der Waals surface area (Å²) in [5.74, 6) is -0.913. The Bertz CT molecular complexity index is 595. The fourth-order valence-corrected chi connectivity index (χ4v) is 2.31. The van der Waals surface area contributed by atoms with Crippen molar-refractivity contribution in [2.24, 2.45) is 0 Å². The lowest BCUT2D eigenvalue weighted by atomic mass is 10.0. The fraction of sp³-hybridized carbons (Fsp3) is 0.278. The van der Waals surface area contributed by atoms with Crippen molar-refractivity contribution in [3.63, 3.8) is 0 Å². The highest BCUT2D eigenvalue weighted by atomic mass is 16.4. The van der Waals surface area contributed by atoms with Crippen LogP contribution in [0.2, 0.25) is 0 Å². The molecule has 0 aliphatic heterocycles. The summed E-state index contributed by atoms with van der Waals surface area (Å²) >= 11 is 0. The van der Waals surface area contributed by atoms with E-state index in [1.807, 2.05) is 49.4 Å². The Hall–Kier alpha value is -2.17. The minimum atomic E-state index is -0.913. The molecule has 0 aliphatic carbocycles. The minimum Gasteiger partial charge on any atom is -0.478 e. The number of carbonyl (C=O) groups is 1. The first kappa shape index (κ1) is 16.2. The monoisotopic (exact) mass is 299 g/mol. The van der Waals surface area contributed by atoms with E-state index in [1.54, 1.807) is 12.1 Å². The van der Waals surface area contributed by atoms with Crippen LogP contribution in [-0.2, 0) is 6.42 Å². The molecule has 0 bridgehead atoms. The molecule has 0 spiro atoms. The topological polar surface area (TPSA) is 69.6 Å². The lowest BCUT2D eigenvalue weighted by Crippen LogP contribution is -2.32. The van der Waals surface area contributed by atoms with Crippen LogP contribution in [0.4, 0.5) is 0 Å². The molecule has 0 saturated heterocycles. The predicted molar refractivity (Wildman–Crippen MR) is 86.0 cm³/mol. The van der Waals surface area contributed by atoms with Gasteiger partial charge in [0.2, 0.25) is 0 Å². The number of aliphatic hydroxyl groups is 1. The van der Waals surface area contributed by atoms with Crippen LogP contribution in [-0.4, -0.2) is 28.8 Å². The van der Waals surface area contributed by atoms with Crippen LogP contribution in [0.5, 0.6) is 0 Å². The van der Waals surface area contributed by atoms with E-state index in [0.29, 0.717) is 12.1 Å². The van der Waals surface area contributed by atoms with E-state index in [9.17, 15) is 9.90 Å². The van der Waals surface area contributed by atoms with Crippen LogP contribution in [0.1, 0.15) is 34.5 Å². The van der Waals surface area contributed by atoms with Crippen molar-refractivity contribution in [2.45, 2.75) is 25.5 Å². The van der Waals surface area contributed by atoms with Gasteiger partial charge in [-0.05, 0) is 36.6 Å². The van der Waals surface area contributed by atoms with Crippen molar-refractivity contribution in [2.75, 3.05) is 6.54 Å². The Labute approximate surface area is 130 Å². The number of hydrogen-bond donors (Lipinski definition) is 3. The van der Waals surface area contributed by atoms with Crippen LogP contribution in [0.3, 0.4) is 0 Å². The number of hydrogen-bond acceptors (Lipinski definition) is 3. The maximum Gasteiger partial charge on any atom is 0.335 e. The third kappa shape index (κ3) is 4.69. The Balaban J connectivity index is 1.82. The standard InChI is InChI=1S/C18H21NO3/c1-13(11-14-7-9-16(10-8-14)18(21)22)19-12-17(20)15-5-3-2-4-6-15/h2-10,13,17,19-20H,11-12H2,1H3,(H,21,22)/t13-,17+/m0/s1. The Morgan fingerprint density at radius 2 is 1.73 bits per heavy atom. The van der Waals surface area contributed by atoms with Gasteiger partial charge in [-0.15, -0.1) is 0 Å². The molecule has 22 heavy (non-hydrogen) atoms. The summed E-state index contributed by atoms with van der Waals surface area (Å²) < 4.78 is 0. The molecule has 4 heteroatoms. The molecular formula is C18H21NO3. The van der Waals surface area contributed by atoms with Gasteiger partial charge in [0.15, 0.2) is 0 Å². The molecule has 3 N–H and O–H groups in total. The molecule has 4 nitrogen and oxygen atoms in total. The summed E-state index contributed by atoms with van der Waals surface area (Å²) in [6.45, 7) is 2.53. The van der Waals surface area contributed by atoms with E-state index in [1.165, 1.54) is 0 Å². The summed E-state index contributed by atoms with van der Waals surface area (Å²) in [7, 11) is 0. The lowest BCUT2D eigenvalue weighted by Gasteiger charge is -2.17. The van der Waals surface area contributed by atoms with Crippen molar-refractivity contribution in [1.29, 1.82) is 0 Å². The molecule has 0 heterocycles. The fourth-order valence-electron chi connectivity index (χ4n) is 2.31. The number of carboxylic acids is 1. The second-order valence-corrected chi connectivity index (χ2v) is 5.44. The summed E-state index contributed by atoms with van der Waals surface area (Å²) in [6, 6.07) is 16.6. The number of aliphatic hydroxyl groups excluding tert-OH is 1. The predicted octanol–water partition coefficient (Wildman–Crippen LogP) is 2.64. The van der Waals surface area contributed by atoms with Gasteiger partial charge in [0.25, 0.3) is 0 Å². The maximum atomic E-state index is 10.8. The summed E-state index contributed by atoms with van der Waals surface area (Å²) in [4.78, 5) is 10.8. The minimum absolute atomic E-state index is 0.189. The van der Waals surface area contributed by atoms with Gasteiger partial charge < -0.3 is 15.5 Å². The Morgan fingerprint density at radius 3 is 2.32 bits per heavy atom. The molecular weight excluding hydrogens is 278 g/mol. The van der Waals surface area contributed by atoms with Crippen molar-refractivity contribution < 1.29 is 15.0 Å². The van der Waals surface area contributed by atoms with E-state index in [4.69, 9.17) is 5.11 Å². The number of nitrogens with one attached hydrogen (secondary N) is 1. The molecule has 0 saturated carbocycles. The highest BCUT2D eigenvalue weighted by molar-refractivity contribution is 5.87. The van der Waals surface area contributed by atoms with Gasteiger partial charge in [0.05, 0.1) is 11.7 Å². The zero-order valence-corrected chi connectivity index (χ0v) is 12.6. The van der Waals surface area contributed by atoms with Crippen molar-refractivity contribution in [3.05, 3.63) is 71.3 Å². The normalized spacial score (nSPS) is 13.5. The smallest absolute Gasteiger partial charge is 0.335 e. The molecule has 0 aromatic heterocycles. The van der Waals surface area contributed by atoms with Gasteiger partial charge in [-0.2, -0.15) is 0 Å². The molecule has 0 radical (unpaired) electrons. The second-order valence-electron chi connectivity index (χ2n) is 5.44. The van der Waals surface area contributed by atoms with E-state index >= 15 is 0 Å². The van der Waals surface area contributed by atoms with Crippen LogP contribution in [0, 0.1) is 0 Å². The first-order valence-electron chi connectivity index (χ1n) is 7.35. The molecule has 2 rings (SSSR count). The van der Waals surface area contributed by atoms with Crippen LogP contribution in [0.15, 0.2) is 54.6 Å². The summed E-state index contributed by atoms with van der Waals surface area (Å²) in [5.41, 5.74) is 2.26. The molecule has 0 unspecified atom stereocenters. The average Bonchev–Trinajstić information content (AvgIpc) is 2.54. The van der Waals surface area contributed by atoms with Crippen molar-refractivity contribution in [1.82, 2.24) is 5.32 Å². The number of rotatable bonds is 7. The van der Waals surface area contributed by atoms with Gasteiger partial charge in [0.1, 0.15) is 0 Å². The molecule has 116 valence electrons. The molecule has 2 aromatic carbocycles. The molecule has 2 atom stereocenters. The Kier molecular flexibility index (Phi) is 5.69. The highest BCUT2D eigenvalue weighted by Gasteiger charge is 2.10. The molecule has 0 fully saturated rings. The number of benzene rings is 2. The third-order valence-corrected chi connectivity index (χ3v) is 3.59. The van der Waals surface area contributed by atoms with Gasteiger partial charge in [-0.1, -0.05) is 42.5 Å². The lowest BCUT2D eigenvalue weighted by molar-refractivity contribution is 0.0697. The van der Waals surface area contributed by atoms with Gasteiger partial charge in [-0.3, -0.25) is 0 Å². The van der Waals surface area contributed by atoms with E-state index in [-0.39, 0.29) is 6.04 Å². The second kappa shape index (κ2) is 7.73. The molecule has 2 aromatic rings. The summed E-state index contributed by atoms with van der Waals surface area (Å²) in [5, 5.41) is 22.3. The van der Waals surface area contributed by atoms with Crippen molar-refractivity contribution >= 4 is 5.97 Å². The summed E-state index contributed by atoms with van der Waals surface area (Å²) in [6.07, 6.45) is 0.250. The zero-order valence-electron chi connectivity index (χ0n) is 12.6. The van der Waals surface area contributed by atoms with Crippen LogP contribution in [0.25, 0.3) is 0 Å². The quantitative estimate of drug-likeness (QED) is 0.735. The van der Waals surface area contributed by atoms with Gasteiger partial charge in [0, 0.05) is 12.6 Å². The van der Waals surface area contributed by atoms with E-state index < -0.39 is 12.1 Å². The van der Waals surface area contributed by atoms with E-state index in [0.717, 1.165) is 17.5 Å². The van der Waals surface area contributed by atoms with Crippen LogP contribution < -0.4 is 5.32 Å². The highest BCUT2D eigenvalue weighted by Crippen LogP contribution is 2.12. The maximum absolute atomic E-state index is 10.8. The van der Waals surface area contributed by atoms with Gasteiger partial charge >= 0.3 is 5.97 Å². The average molecular weight is 299 g/mol. The first-order chi connectivity index (χ1) is 10.6. The van der Waals surface area contributed by atoms with E-state index in [2.05, 4.69) is 5.32 Å². The van der Waals surface area contributed by atoms with Gasteiger partial charge in [-0.25, -0.2) is 4.79 Å². The third-order valence-electron chi connectivity index (χ3n) is 3.59. The van der Waals surface area contributed by atoms with Crippen LogP contribution >= 0.6 is 0 Å². The SMILES string of the molecule is C[C@@H](Cc1ccc(C(=O)O)cc1)NC[C@@H](O)c1ccccc1. The molecule has 0 aliphatic rings. The molecule has 0 amide bonds. The van der Waals surface area contributed by atoms with Crippen molar-refractivity contribution in [3.8, 4) is 0 Å². The zero-order chi connectivity index (χ0) is 15.9. The Morgan fingerprint density at radius 1 is 1.09 bits per heavy atom. The number of carboxylic acid groups (broad SMARTS) is 1. The number of aromatic carboxylic acids is 1. The largest absolute Gasteiger partial charge is 0.478 e.